The van der Waals surface area contributed by atoms with E-state index in [9.17, 15) is 9.59 Å². The predicted octanol–water partition coefficient (Wildman–Crippen LogP) is 1.54. The van der Waals surface area contributed by atoms with Crippen LogP contribution in [0.4, 0.5) is 0 Å². The van der Waals surface area contributed by atoms with Gasteiger partial charge in [-0.2, -0.15) is 5.10 Å². The van der Waals surface area contributed by atoms with Crippen molar-refractivity contribution < 1.29 is 14.7 Å². The molecule has 2 rings (SSSR count). The highest BCUT2D eigenvalue weighted by Crippen LogP contribution is 1.99. The molecular formula is C14H11N3O3. The number of benzene rings is 1. The molecule has 0 radical (unpaired) electrons. The highest BCUT2D eigenvalue weighted by atomic mass is 16.4. The Morgan fingerprint density at radius 3 is 2.45 bits per heavy atom. The number of amides is 1. The molecule has 6 nitrogen and oxygen atoms in total. The largest absolute Gasteiger partial charge is 0.478 e. The van der Waals surface area contributed by atoms with E-state index in [1.807, 2.05) is 6.07 Å². The van der Waals surface area contributed by atoms with E-state index in [-0.39, 0.29) is 11.5 Å². The summed E-state index contributed by atoms with van der Waals surface area (Å²) in [7, 11) is 0. The minimum absolute atomic E-state index is 0.0930. The summed E-state index contributed by atoms with van der Waals surface area (Å²) in [6.07, 6.45) is 2.56. The number of carboxylic acid groups (broad SMARTS) is 1. The molecule has 1 aromatic carbocycles. The first-order valence-electron chi connectivity index (χ1n) is 5.74. The van der Waals surface area contributed by atoms with E-state index in [2.05, 4.69) is 15.5 Å². The molecule has 0 atom stereocenters. The van der Waals surface area contributed by atoms with Crippen LogP contribution >= 0.6 is 0 Å². The maximum atomic E-state index is 11.7. The van der Waals surface area contributed by atoms with Crippen molar-refractivity contribution in [3.8, 4) is 0 Å². The molecule has 0 unspecified atom stereocenters. The molecule has 0 saturated heterocycles. The van der Waals surface area contributed by atoms with Gasteiger partial charge in [-0.1, -0.05) is 18.2 Å². The van der Waals surface area contributed by atoms with Crippen molar-refractivity contribution in [3.05, 3.63) is 65.5 Å². The average Bonchev–Trinajstić information content (AvgIpc) is 2.48. The number of hydrogen-bond acceptors (Lipinski definition) is 4. The maximum Gasteiger partial charge on any atom is 0.337 e. The zero-order chi connectivity index (χ0) is 14.4. The minimum atomic E-state index is -1.04. The number of rotatable bonds is 4. The first-order valence-corrected chi connectivity index (χ1v) is 5.74. The second-order valence-corrected chi connectivity index (χ2v) is 3.84. The standard InChI is InChI=1S/C14H11N3O3/c18-13(10-4-2-1-3-5-10)17-16-9-12-7-6-11(8-15-12)14(19)20/h1-9H,(H,17,18)(H,19,20). The zero-order valence-electron chi connectivity index (χ0n) is 10.4. The Bertz CT molecular complexity index is 636. The van der Waals surface area contributed by atoms with Crippen molar-refractivity contribution in [2.75, 3.05) is 0 Å². The summed E-state index contributed by atoms with van der Waals surface area (Å²) in [5.41, 5.74) is 3.40. The van der Waals surface area contributed by atoms with E-state index >= 15 is 0 Å². The van der Waals surface area contributed by atoms with Gasteiger partial charge in [0, 0.05) is 11.8 Å². The van der Waals surface area contributed by atoms with Crippen LogP contribution in [0.2, 0.25) is 0 Å². The second-order valence-electron chi connectivity index (χ2n) is 3.84. The van der Waals surface area contributed by atoms with Crippen LogP contribution in [0.5, 0.6) is 0 Å². The van der Waals surface area contributed by atoms with Crippen LogP contribution in [-0.4, -0.2) is 28.2 Å². The molecule has 2 aromatic rings. The SMILES string of the molecule is O=C(O)c1ccc(C=NNC(=O)c2ccccc2)nc1. The van der Waals surface area contributed by atoms with Crippen molar-refractivity contribution in [2.24, 2.45) is 5.10 Å². The van der Waals surface area contributed by atoms with E-state index in [1.54, 1.807) is 24.3 Å². The van der Waals surface area contributed by atoms with Gasteiger partial charge in [-0.25, -0.2) is 10.2 Å². The molecule has 0 bridgehead atoms. The number of aromatic nitrogens is 1. The molecule has 0 aliphatic rings. The molecular weight excluding hydrogens is 258 g/mol. The lowest BCUT2D eigenvalue weighted by atomic mass is 10.2. The van der Waals surface area contributed by atoms with Gasteiger partial charge in [0.25, 0.3) is 5.91 Å². The molecule has 0 aliphatic heterocycles. The number of carbonyl (C=O) groups is 2. The van der Waals surface area contributed by atoms with Gasteiger partial charge in [0.15, 0.2) is 0 Å². The van der Waals surface area contributed by atoms with E-state index in [1.165, 1.54) is 24.5 Å². The maximum absolute atomic E-state index is 11.7. The molecule has 0 spiro atoms. The highest BCUT2D eigenvalue weighted by Gasteiger charge is 2.03. The van der Waals surface area contributed by atoms with Gasteiger partial charge in [-0.15, -0.1) is 0 Å². The summed E-state index contributed by atoms with van der Waals surface area (Å²) in [4.78, 5) is 26.2. The Morgan fingerprint density at radius 1 is 1.10 bits per heavy atom. The number of carboxylic acids is 1. The van der Waals surface area contributed by atoms with E-state index in [0.717, 1.165) is 0 Å². The fourth-order valence-electron chi connectivity index (χ4n) is 1.42. The number of aromatic carboxylic acids is 1. The number of hydrogen-bond donors (Lipinski definition) is 2. The van der Waals surface area contributed by atoms with E-state index < -0.39 is 5.97 Å². The summed E-state index contributed by atoms with van der Waals surface area (Å²) in [5, 5.41) is 12.5. The van der Waals surface area contributed by atoms with Crippen molar-refractivity contribution in [1.82, 2.24) is 10.4 Å². The summed E-state index contributed by atoms with van der Waals surface area (Å²) >= 11 is 0. The quantitative estimate of drug-likeness (QED) is 0.650. The van der Waals surface area contributed by atoms with Gasteiger partial charge < -0.3 is 5.11 Å². The number of nitrogens with one attached hydrogen (secondary N) is 1. The molecule has 100 valence electrons. The second kappa shape index (κ2) is 6.24. The Morgan fingerprint density at radius 2 is 1.85 bits per heavy atom. The fourth-order valence-corrected chi connectivity index (χ4v) is 1.42. The number of nitrogens with zero attached hydrogens (tertiary/aromatic N) is 2. The third kappa shape index (κ3) is 3.49. The van der Waals surface area contributed by atoms with Crippen LogP contribution in [0.15, 0.2) is 53.8 Å². The third-order valence-corrected chi connectivity index (χ3v) is 2.43. The first kappa shape index (κ1) is 13.4. The molecule has 1 aromatic heterocycles. The van der Waals surface area contributed by atoms with E-state index in [4.69, 9.17) is 5.11 Å². The smallest absolute Gasteiger partial charge is 0.337 e. The summed E-state index contributed by atoms with van der Waals surface area (Å²) in [6, 6.07) is 11.6. The Balaban J connectivity index is 1.96. The van der Waals surface area contributed by atoms with Crippen LogP contribution in [0.25, 0.3) is 0 Å². The van der Waals surface area contributed by atoms with Gasteiger partial charge in [-0.3, -0.25) is 9.78 Å². The average molecular weight is 269 g/mol. The number of hydrazone groups is 1. The lowest BCUT2D eigenvalue weighted by Gasteiger charge is -1.98. The Labute approximate surface area is 114 Å². The first-order chi connectivity index (χ1) is 9.66. The van der Waals surface area contributed by atoms with Gasteiger partial charge in [0.05, 0.1) is 17.5 Å². The van der Waals surface area contributed by atoms with Gasteiger partial charge in [0.1, 0.15) is 0 Å². The molecule has 6 heteroatoms. The third-order valence-electron chi connectivity index (χ3n) is 2.43. The topological polar surface area (TPSA) is 91.6 Å². The van der Waals surface area contributed by atoms with Crippen molar-refractivity contribution >= 4 is 18.1 Å². The van der Waals surface area contributed by atoms with Gasteiger partial charge in [0.2, 0.25) is 0 Å². The van der Waals surface area contributed by atoms with Gasteiger partial charge in [-0.05, 0) is 24.3 Å². The van der Waals surface area contributed by atoms with Crippen LogP contribution in [0, 0.1) is 0 Å². The lowest BCUT2D eigenvalue weighted by Crippen LogP contribution is -2.17. The molecule has 2 N–H and O–H groups in total. The normalized spacial score (nSPS) is 10.4. The molecule has 0 aliphatic carbocycles. The Kier molecular flexibility index (Phi) is 4.18. The molecule has 20 heavy (non-hydrogen) atoms. The monoisotopic (exact) mass is 269 g/mol. The molecule has 0 fully saturated rings. The summed E-state index contributed by atoms with van der Waals surface area (Å²) in [5.74, 6) is -1.37. The van der Waals surface area contributed by atoms with Crippen molar-refractivity contribution in [1.29, 1.82) is 0 Å². The van der Waals surface area contributed by atoms with Crippen LogP contribution in [-0.2, 0) is 0 Å². The van der Waals surface area contributed by atoms with Crippen molar-refractivity contribution in [3.63, 3.8) is 0 Å². The minimum Gasteiger partial charge on any atom is -0.478 e. The van der Waals surface area contributed by atoms with E-state index in [0.29, 0.717) is 11.3 Å². The zero-order valence-corrected chi connectivity index (χ0v) is 10.4. The van der Waals surface area contributed by atoms with Crippen LogP contribution in [0.1, 0.15) is 26.4 Å². The molecule has 1 heterocycles. The Hall–Kier alpha value is -3.02. The van der Waals surface area contributed by atoms with Crippen LogP contribution < -0.4 is 5.43 Å². The molecule has 0 saturated carbocycles. The predicted molar refractivity (Wildman–Crippen MR) is 72.7 cm³/mol. The lowest BCUT2D eigenvalue weighted by molar-refractivity contribution is 0.0696. The summed E-state index contributed by atoms with van der Waals surface area (Å²) < 4.78 is 0. The fraction of sp³-hybridized carbons (Fsp3) is 0. The van der Waals surface area contributed by atoms with Gasteiger partial charge >= 0.3 is 5.97 Å². The highest BCUT2D eigenvalue weighted by molar-refractivity contribution is 5.94. The van der Waals surface area contributed by atoms with Crippen molar-refractivity contribution in [2.45, 2.75) is 0 Å². The number of pyridine rings is 1. The number of carbonyl (C=O) groups excluding carboxylic acids is 1. The van der Waals surface area contributed by atoms with Crippen LogP contribution in [0.3, 0.4) is 0 Å². The molecule has 1 amide bonds. The summed E-state index contributed by atoms with van der Waals surface area (Å²) in [6.45, 7) is 0.